The molecule has 0 aliphatic rings. The summed E-state index contributed by atoms with van der Waals surface area (Å²) >= 11 is 0. The molecule has 18 heavy (non-hydrogen) atoms. The first kappa shape index (κ1) is 13.0. The fraction of sp³-hybridized carbons (Fsp3) is 0.467. The van der Waals surface area contributed by atoms with Crippen molar-refractivity contribution in [1.29, 1.82) is 0 Å². The number of nitrogens with one attached hydrogen (secondary N) is 1. The molecule has 0 atom stereocenters. The van der Waals surface area contributed by atoms with E-state index in [0.717, 1.165) is 18.7 Å². The Morgan fingerprint density at radius 2 is 2.11 bits per heavy atom. The van der Waals surface area contributed by atoms with Crippen molar-refractivity contribution in [1.82, 2.24) is 9.88 Å². The highest BCUT2D eigenvalue weighted by atomic mass is 16.5. The van der Waals surface area contributed by atoms with Gasteiger partial charge >= 0.3 is 0 Å². The minimum atomic E-state index is 0.711. The van der Waals surface area contributed by atoms with Gasteiger partial charge in [-0.3, -0.25) is 0 Å². The van der Waals surface area contributed by atoms with Crippen molar-refractivity contribution >= 4 is 10.9 Å². The molecule has 0 amide bonds. The molecule has 0 aliphatic heterocycles. The van der Waals surface area contributed by atoms with Gasteiger partial charge in [-0.2, -0.15) is 0 Å². The number of hydrogen-bond acceptors (Lipinski definition) is 2. The predicted octanol–water partition coefficient (Wildman–Crippen LogP) is 2.65. The lowest BCUT2D eigenvalue weighted by molar-refractivity contribution is 0.340. The van der Waals surface area contributed by atoms with Gasteiger partial charge in [0.25, 0.3) is 0 Å². The first-order valence-corrected chi connectivity index (χ1v) is 6.54. The molecule has 2 aromatic rings. The van der Waals surface area contributed by atoms with E-state index in [0.29, 0.717) is 6.61 Å². The van der Waals surface area contributed by atoms with Crippen molar-refractivity contribution in [3.8, 4) is 5.75 Å². The lowest BCUT2D eigenvalue weighted by Crippen LogP contribution is -2.10. The Kier molecular flexibility index (Phi) is 3.92. The number of benzene rings is 1. The summed E-state index contributed by atoms with van der Waals surface area (Å²) in [5.74, 6) is 0.960. The molecule has 0 radical (unpaired) electrons. The Labute approximate surface area is 109 Å². The Morgan fingerprint density at radius 3 is 2.78 bits per heavy atom. The number of nitrogens with zero attached hydrogens (tertiary/aromatic N) is 1. The lowest BCUT2D eigenvalue weighted by Gasteiger charge is -2.04. The second kappa shape index (κ2) is 5.44. The van der Waals surface area contributed by atoms with Gasteiger partial charge in [-0.15, -0.1) is 0 Å². The van der Waals surface area contributed by atoms with Gasteiger partial charge in [0, 0.05) is 23.6 Å². The molecule has 0 spiro atoms. The zero-order chi connectivity index (χ0) is 13.1. The molecule has 0 saturated heterocycles. The van der Waals surface area contributed by atoms with Crippen LogP contribution in [-0.2, 0) is 13.5 Å². The highest BCUT2D eigenvalue weighted by Crippen LogP contribution is 2.28. The van der Waals surface area contributed by atoms with Crippen LogP contribution in [0.3, 0.4) is 0 Å². The van der Waals surface area contributed by atoms with Crippen LogP contribution in [-0.4, -0.2) is 24.8 Å². The standard InChI is InChI=1S/C15H22N2O/c1-5-18-12-6-7-15-14(10-12)13(8-9-16-3)11(2)17(15)4/h6-7,10,16H,5,8-9H2,1-4H3. The fourth-order valence-electron chi connectivity index (χ4n) is 2.45. The van der Waals surface area contributed by atoms with Gasteiger partial charge in [0.2, 0.25) is 0 Å². The monoisotopic (exact) mass is 246 g/mol. The summed E-state index contributed by atoms with van der Waals surface area (Å²) in [6.45, 7) is 5.91. The van der Waals surface area contributed by atoms with Gasteiger partial charge in [0.05, 0.1) is 6.61 Å². The third kappa shape index (κ3) is 2.23. The Morgan fingerprint density at radius 1 is 1.33 bits per heavy atom. The molecule has 0 unspecified atom stereocenters. The SMILES string of the molecule is CCOc1ccc2c(c1)c(CCNC)c(C)n2C. The molecule has 0 aliphatic carbocycles. The summed E-state index contributed by atoms with van der Waals surface area (Å²) in [6, 6.07) is 6.36. The molecule has 2 rings (SSSR count). The number of aromatic nitrogens is 1. The van der Waals surface area contributed by atoms with E-state index in [4.69, 9.17) is 4.74 Å². The van der Waals surface area contributed by atoms with Gasteiger partial charge < -0.3 is 14.6 Å². The molecule has 1 aromatic carbocycles. The summed E-state index contributed by atoms with van der Waals surface area (Å²) in [5, 5.41) is 4.53. The molecule has 1 heterocycles. The Hall–Kier alpha value is -1.48. The van der Waals surface area contributed by atoms with E-state index in [-0.39, 0.29) is 0 Å². The van der Waals surface area contributed by atoms with Crippen molar-refractivity contribution in [2.45, 2.75) is 20.3 Å². The first-order chi connectivity index (χ1) is 8.69. The number of aryl methyl sites for hydroxylation is 1. The maximum absolute atomic E-state index is 5.60. The van der Waals surface area contributed by atoms with E-state index in [1.807, 2.05) is 20.0 Å². The fourth-order valence-corrected chi connectivity index (χ4v) is 2.45. The molecule has 0 bridgehead atoms. The molecular weight excluding hydrogens is 224 g/mol. The van der Waals surface area contributed by atoms with Gasteiger partial charge in [0.1, 0.15) is 5.75 Å². The van der Waals surface area contributed by atoms with Crippen molar-refractivity contribution in [3.05, 3.63) is 29.5 Å². The summed E-state index contributed by atoms with van der Waals surface area (Å²) in [7, 11) is 4.12. The minimum absolute atomic E-state index is 0.711. The normalized spacial score (nSPS) is 11.1. The number of likely N-dealkylation sites (N-methyl/N-ethyl adjacent to an activating group) is 1. The second-order valence-corrected chi connectivity index (χ2v) is 4.59. The van der Waals surface area contributed by atoms with Gasteiger partial charge in [0.15, 0.2) is 0 Å². The molecule has 3 nitrogen and oxygen atoms in total. The largest absolute Gasteiger partial charge is 0.494 e. The van der Waals surface area contributed by atoms with Gasteiger partial charge in [-0.05, 0) is 57.6 Å². The van der Waals surface area contributed by atoms with E-state index in [1.54, 1.807) is 0 Å². The maximum atomic E-state index is 5.60. The van der Waals surface area contributed by atoms with Crippen LogP contribution in [0.5, 0.6) is 5.75 Å². The zero-order valence-corrected chi connectivity index (χ0v) is 11.7. The Bertz CT molecular complexity index is 543. The van der Waals surface area contributed by atoms with E-state index >= 15 is 0 Å². The van der Waals surface area contributed by atoms with Crippen LogP contribution in [0.2, 0.25) is 0 Å². The average Bonchev–Trinajstić information content (AvgIpc) is 2.60. The van der Waals surface area contributed by atoms with E-state index in [9.17, 15) is 0 Å². The molecule has 0 saturated carbocycles. The molecule has 1 N–H and O–H groups in total. The maximum Gasteiger partial charge on any atom is 0.120 e. The molecular formula is C15H22N2O. The zero-order valence-electron chi connectivity index (χ0n) is 11.7. The predicted molar refractivity (Wildman–Crippen MR) is 76.5 cm³/mol. The summed E-state index contributed by atoms with van der Waals surface area (Å²) in [6.07, 6.45) is 1.05. The van der Waals surface area contributed by atoms with Crippen molar-refractivity contribution in [2.75, 3.05) is 20.2 Å². The summed E-state index contributed by atoms with van der Waals surface area (Å²) in [5.41, 5.74) is 4.04. The average molecular weight is 246 g/mol. The van der Waals surface area contributed by atoms with E-state index < -0.39 is 0 Å². The number of rotatable bonds is 5. The molecule has 3 heteroatoms. The van der Waals surface area contributed by atoms with Crippen LogP contribution in [0, 0.1) is 6.92 Å². The lowest BCUT2D eigenvalue weighted by atomic mass is 10.1. The molecule has 0 fully saturated rings. The molecule has 98 valence electrons. The smallest absolute Gasteiger partial charge is 0.120 e. The number of fused-ring (bicyclic) bond motifs is 1. The highest BCUT2D eigenvalue weighted by Gasteiger charge is 2.12. The third-order valence-electron chi connectivity index (χ3n) is 3.53. The van der Waals surface area contributed by atoms with Crippen molar-refractivity contribution in [3.63, 3.8) is 0 Å². The first-order valence-electron chi connectivity index (χ1n) is 6.54. The topological polar surface area (TPSA) is 26.2 Å². The minimum Gasteiger partial charge on any atom is -0.494 e. The van der Waals surface area contributed by atoms with Crippen molar-refractivity contribution in [2.24, 2.45) is 7.05 Å². The van der Waals surface area contributed by atoms with Crippen molar-refractivity contribution < 1.29 is 4.74 Å². The van der Waals surface area contributed by atoms with Gasteiger partial charge in [-0.1, -0.05) is 0 Å². The highest BCUT2D eigenvalue weighted by molar-refractivity contribution is 5.86. The van der Waals surface area contributed by atoms with Crippen LogP contribution in [0.1, 0.15) is 18.2 Å². The molecule has 1 aromatic heterocycles. The number of ether oxygens (including phenoxy) is 1. The quantitative estimate of drug-likeness (QED) is 0.877. The van der Waals surface area contributed by atoms with E-state index in [2.05, 4.69) is 36.0 Å². The van der Waals surface area contributed by atoms with Crippen LogP contribution < -0.4 is 10.1 Å². The van der Waals surface area contributed by atoms with Crippen LogP contribution in [0.15, 0.2) is 18.2 Å². The number of hydrogen-bond donors (Lipinski definition) is 1. The van der Waals surface area contributed by atoms with Crippen LogP contribution in [0.4, 0.5) is 0 Å². The van der Waals surface area contributed by atoms with Crippen LogP contribution >= 0.6 is 0 Å². The summed E-state index contributed by atoms with van der Waals surface area (Å²) in [4.78, 5) is 0. The van der Waals surface area contributed by atoms with Gasteiger partial charge in [-0.25, -0.2) is 0 Å². The summed E-state index contributed by atoms with van der Waals surface area (Å²) < 4.78 is 7.86. The Balaban J connectivity index is 2.52. The van der Waals surface area contributed by atoms with Crippen LogP contribution in [0.25, 0.3) is 10.9 Å². The van der Waals surface area contributed by atoms with E-state index in [1.165, 1.54) is 22.2 Å². The second-order valence-electron chi connectivity index (χ2n) is 4.59. The third-order valence-corrected chi connectivity index (χ3v) is 3.53.